The van der Waals surface area contributed by atoms with Crippen LogP contribution in [-0.2, 0) is 0 Å². The first-order chi connectivity index (χ1) is 7.53. The monoisotopic (exact) mass is 280 g/mol. The van der Waals surface area contributed by atoms with Crippen LogP contribution in [0.15, 0.2) is 0 Å². The Morgan fingerprint density at radius 1 is 0.706 bits per heavy atom. The maximum Gasteiger partial charge on any atom is 0.0963 e. The SMILES string of the molecule is C=P(Cl)(N(C(C)C)C(C)C)N(C(C)C)C(C)C. The molecule has 0 aromatic heterocycles. The van der Waals surface area contributed by atoms with Gasteiger partial charge in [0.1, 0.15) is 0 Å². The van der Waals surface area contributed by atoms with Crippen molar-refractivity contribution in [2.24, 2.45) is 0 Å². The zero-order valence-electron chi connectivity index (χ0n) is 12.7. The van der Waals surface area contributed by atoms with E-state index in [4.69, 9.17) is 11.2 Å². The molecule has 0 N–H and O–H groups in total. The molecule has 0 radical (unpaired) electrons. The Kier molecular flexibility index (Phi) is 6.81. The van der Waals surface area contributed by atoms with Gasteiger partial charge >= 0.3 is 0 Å². The van der Waals surface area contributed by atoms with Crippen molar-refractivity contribution in [2.45, 2.75) is 79.6 Å². The molecule has 0 aliphatic rings. The lowest BCUT2D eigenvalue weighted by Crippen LogP contribution is -2.43. The van der Waals surface area contributed by atoms with Gasteiger partial charge in [0, 0.05) is 24.2 Å². The van der Waals surface area contributed by atoms with Crippen LogP contribution in [0.25, 0.3) is 0 Å². The molecule has 0 aliphatic heterocycles. The smallest absolute Gasteiger partial charge is 0.0963 e. The zero-order chi connectivity index (χ0) is 14.0. The lowest BCUT2D eigenvalue weighted by molar-refractivity contribution is 0.261. The molecule has 4 heteroatoms. The summed E-state index contributed by atoms with van der Waals surface area (Å²) >= 11 is 6.90. The van der Waals surface area contributed by atoms with E-state index < -0.39 is 6.54 Å². The molecule has 0 aliphatic carbocycles. The summed E-state index contributed by atoms with van der Waals surface area (Å²) in [5, 5.41) is 0. The van der Waals surface area contributed by atoms with E-state index in [1.54, 1.807) is 0 Å². The first-order valence-electron chi connectivity index (χ1n) is 6.54. The van der Waals surface area contributed by atoms with Crippen molar-refractivity contribution in [2.75, 3.05) is 0 Å². The highest BCUT2D eigenvalue weighted by molar-refractivity contribution is 7.93. The third-order valence-electron chi connectivity index (χ3n) is 2.82. The average Bonchev–Trinajstić information content (AvgIpc) is 1.96. The number of halogens is 1. The van der Waals surface area contributed by atoms with Crippen LogP contribution in [0.5, 0.6) is 0 Å². The van der Waals surface area contributed by atoms with E-state index in [9.17, 15) is 0 Å². The molecule has 17 heavy (non-hydrogen) atoms. The number of nitrogens with zero attached hydrogens (tertiary/aromatic N) is 2. The fraction of sp³-hybridized carbons (Fsp3) is 0.923. The van der Waals surface area contributed by atoms with Crippen molar-refractivity contribution in [3.05, 3.63) is 0 Å². The van der Waals surface area contributed by atoms with Crippen molar-refractivity contribution >= 4 is 24.1 Å². The number of hydrogen-bond donors (Lipinski definition) is 0. The molecule has 0 rings (SSSR count). The van der Waals surface area contributed by atoms with Gasteiger partial charge in [-0.25, -0.2) is 0 Å². The minimum Gasteiger partial charge on any atom is -0.256 e. The maximum atomic E-state index is 6.90. The lowest BCUT2D eigenvalue weighted by atomic mass is 10.3. The normalized spacial score (nSPS) is 14.1. The van der Waals surface area contributed by atoms with Crippen molar-refractivity contribution in [3.8, 4) is 0 Å². The molecular weight excluding hydrogens is 251 g/mol. The molecule has 0 aromatic carbocycles. The highest BCUT2D eigenvalue weighted by atomic mass is 35.7. The van der Waals surface area contributed by atoms with E-state index in [1.807, 2.05) is 0 Å². The summed E-state index contributed by atoms with van der Waals surface area (Å²) in [4.78, 5) is 0. The summed E-state index contributed by atoms with van der Waals surface area (Å²) in [6, 6.07) is 1.66. The van der Waals surface area contributed by atoms with Gasteiger partial charge in [0.05, 0.1) is 6.54 Å². The summed E-state index contributed by atoms with van der Waals surface area (Å²) in [7, 11) is 0. The molecular formula is C13H30ClN2P. The minimum absolute atomic E-state index is 0.415. The van der Waals surface area contributed by atoms with Gasteiger partial charge < -0.3 is 0 Å². The fourth-order valence-corrected chi connectivity index (χ4v) is 7.89. The molecule has 0 spiro atoms. The molecule has 0 saturated carbocycles. The van der Waals surface area contributed by atoms with Crippen LogP contribution in [0, 0.1) is 0 Å². The zero-order valence-corrected chi connectivity index (χ0v) is 14.4. The molecule has 0 bridgehead atoms. The predicted molar refractivity (Wildman–Crippen MR) is 84.1 cm³/mol. The largest absolute Gasteiger partial charge is 0.256 e. The molecule has 2 nitrogen and oxygen atoms in total. The standard InChI is InChI=1S/C13H30ClN2P/c1-10(2)15(11(3)4)17(9,14)16(12(5)6)13(7)8/h10-13H,9H2,1-8H3. The second-order valence-electron chi connectivity index (χ2n) is 5.78. The molecule has 104 valence electrons. The van der Waals surface area contributed by atoms with E-state index >= 15 is 0 Å². The molecule has 0 amide bonds. The summed E-state index contributed by atoms with van der Waals surface area (Å²) in [6.45, 7) is 15.6. The number of hydrogen-bond acceptors (Lipinski definition) is 2. The first kappa shape index (κ1) is 17.5. The molecule has 0 unspecified atom stereocenters. The van der Waals surface area contributed by atoms with Crippen LogP contribution in [-0.4, -0.2) is 39.8 Å². The second kappa shape index (κ2) is 6.61. The molecule has 0 atom stereocenters. The quantitative estimate of drug-likeness (QED) is 0.653. The maximum absolute atomic E-state index is 6.90. The highest BCUT2D eigenvalue weighted by Crippen LogP contribution is 2.61. The molecule has 0 aromatic rings. The van der Waals surface area contributed by atoms with Crippen LogP contribution < -0.4 is 0 Å². The van der Waals surface area contributed by atoms with Gasteiger partial charge in [-0.1, -0.05) is 17.5 Å². The Bertz CT molecular complexity index is 235. The Morgan fingerprint density at radius 2 is 0.882 bits per heavy atom. The fourth-order valence-electron chi connectivity index (χ4n) is 2.73. The summed E-state index contributed by atoms with van der Waals surface area (Å²) < 4.78 is 4.74. The minimum atomic E-state index is -2.00. The van der Waals surface area contributed by atoms with Crippen molar-refractivity contribution < 1.29 is 0 Å². The third-order valence-corrected chi connectivity index (χ3v) is 7.13. The topological polar surface area (TPSA) is 6.48 Å². The molecule has 0 saturated heterocycles. The van der Waals surface area contributed by atoms with Crippen LogP contribution in [0.3, 0.4) is 0 Å². The van der Waals surface area contributed by atoms with Crippen molar-refractivity contribution in [1.29, 1.82) is 0 Å². The first-order valence-corrected chi connectivity index (χ1v) is 9.32. The second-order valence-corrected chi connectivity index (χ2v) is 9.61. The Morgan fingerprint density at radius 3 is 1.00 bits per heavy atom. The summed E-state index contributed by atoms with van der Waals surface area (Å²) in [6.07, 6.45) is 4.38. The Labute approximate surface area is 113 Å². The third kappa shape index (κ3) is 4.28. The van der Waals surface area contributed by atoms with Crippen LogP contribution in [0.2, 0.25) is 0 Å². The van der Waals surface area contributed by atoms with E-state index in [0.717, 1.165) is 0 Å². The van der Waals surface area contributed by atoms with Gasteiger partial charge in [0.25, 0.3) is 0 Å². The van der Waals surface area contributed by atoms with E-state index in [-0.39, 0.29) is 0 Å². The van der Waals surface area contributed by atoms with E-state index in [2.05, 4.69) is 71.0 Å². The van der Waals surface area contributed by atoms with Crippen molar-refractivity contribution in [1.82, 2.24) is 9.34 Å². The predicted octanol–water partition coefficient (Wildman–Crippen LogP) is 4.66. The summed E-state index contributed by atoms with van der Waals surface area (Å²) in [5.74, 6) is 0. The lowest BCUT2D eigenvalue weighted by Gasteiger charge is -2.48. The van der Waals surface area contributed by atoms with Gasteiger partial charge in [-0.05, 0) is 55.4 Å². The molecule has 0 heterocycles. The van der Waals surface area contributed by atoms with Gasteiger partial charge in [0.2, 0.25) is 0 Å². The van der Waals surface area contributed by atoms with Crippen LogP contribution >= 0.6 is 17.8 Å². The van der Waals surface area contributed by atoms with Crippen molar-refractivity contribution in [3.63, 3.8) is 0 Å². The van der Waals surface area contributed by atoms with Gasteiger partial charge in [-0.2, -0.15) is 0 Å². The van der Waals surface area contributed by atoms with Crippen LogP contribution in [0.4, 0.5) is 0 Å². The van der Waals surface area contributed by atoms with Gasteiger partial charge in [0.15, 0.2) is 0 Å². The summed E-state index contributed by atoms with van der Waals surface area (Å²) in [5.41, 5.74) is 0. The van der Waals surface area contributed by atoms with E-state index in [0.29, 0.717) is 24.2 Å². The van der Waals surface area contributed by atoms with E-state index in [1.165, 1.54) is 0 Å². The Balaban J connectivity index is 5.38. The number of rotatable bonds is 6. The Hall–Kier alpha value is 0.510. The van der Waals surface area contributed by atoms with Gasteiger partial charge in [-0.3, -0.25) is 9.34 Å². The van der Waals surface area contributed by atoms with Crippen LogP contribution in [0.1, 0.15) is 55.4 Å². The highest BCUT2D eigenvalue weighted by Gasteiger charge is 2.34. The molecule has 0 fully saturated rings. The van der Waals surface area contributed by atoms with Gasteiger partial charge in [-0.15, -0.1) is 0 Å². The average molecular weight is 281 g/mol.